The van der Waals surface area contributed by atoms with Crippen LogP contribution in [-0.4, -0.2) is 13.4 Å². The lowest BCUT2D eigenvalue weighted by Crippen LogP contribution is -2.00. The fourth-order valence-corrected chi connectivity index (χ4v) is 1.86. The van der Waals surface area contributed by atoms with Crippen LogP contribution >= 0.6 is 0 Å². The molecule has 0 aliphatic rings. The van der Waals surface area contributed by atoms with Gasteiger partial charge in [-0.25, -0.2) is 9.37 Å². The van der Waals surface area contributed by atoms with Gasteiger partial charge in [-0.15, -0.1) is 3.89 Å². The highest BCUT2D eigenvalue weighted by molar-refractivity contribution is 7.86. The lowest BCUT2D eigenvalue weighted by atomic mass is 10.1. The maximum absolute atomic E-state index is 13.3. The molecule has 0 spiro atoms. The zero-order chi connectivity index (χ0) is 13.3. The first-order valence-electron chi connectivity index (χ1n) is 4.75. The molecule has 1 heterocycles. The number of aromatic nitrogens is 1. The quantitative estimate of drug-likeness (QED) is 0.624. The van der Waals surface area contributed by atoms with Crippen LogP contribution in [0, 0.1) is 11.8 Å². The molecule has 0 bridgehead atoms. The molecule has 94 valence electrons. The van der Waals surface area contributed by atoms with Crippen LogP contribution in [0.4, 0.5) is 12.7 Å². The van der Waals surface area contributed by atoms with Gasteiger partial charge in [0.05, 0.1) is 5.69 Å². The third-order valence-corrected chi connectivity index (χ3v) is 3.05. The highest BCUT2D eigenvalue weighted by atomic mass is 32.3. The van der Waals surface area contributed by atoms with Crippen LogP contribution < -0.4 is 0 Å². The van der Waals surface area contributed by atoms with Gasteiger partial charge in [0.25, 0.3) is 0 Å². The Morgan fingerprint density at radius 3 is 2.06 bits per heavy atom. The Morgan fingerprint density at radius 2 is 1.56 bits per heavy atom. The number of benzene rings is 1. The van der Waals surface area contributed by atoms with Crippen LogP contribution in [0.5, 0.6) is 0 Å². The fourth-order valence-electron chi connectivity index (χ4n) is 1.38. The Kier molecular flexibility index (Phi) is 3.08. The molecule has 0 saturated carbocycles. The van der Waals surface area contributed by atoms with E-state index in [2.05, 4.69) is 4.98 Å². The molecule has 3 nitrogen and oxygen atoms in total. The van der Waals surface area contributed by atoms with Crippen molar-refractivity contribution in [3.63, 3.8) is 0 Å². The molecule has 1 aromatic heterocycles. The van der Waals surface area contributed by atoms with Gasteiger partial charge in [0.15, 0.2) is 4.90 Å². The molecule has 7 heteroatoms. The van der Waals surface area contributed by atoms with Crippen molar-refractivity contribution in [2.75, 3.05) is 0 Å². The van der Waals surface area contributed by atoms with Crippen molar-refractivity contribution in [3.05, 3.63) is 48.2 Å². The van der Waals surface area contributed by atoms with Crippen molar-refractivity contribution < 1.29 is 21.1 Å². The summed E-state index contributed by atoms with van der Waals surface area (Å²) in [5.74, 6) is -1.90. The summed E-state index contributed by atoms with van der Waals surface area (Å²) in [7, 11) is -5.14. The van der Waals surface area contributed by atoms with E-state index >= 15 is 0 Å². The van der Waals surface area contributed by atoms with Crippen molar-refractivity contribution in [2.45, 2.75) is 4.90 Å². The number of nitrogens with zero attached hydrogens (tertiary/aromatic N) is 1. The van der Waals surface area contributed by atoms with Gasteiger partial charge in [0.1, 0.15) is 5.82 Å². The first-order chi connectivity index (χ1) is 8.38. The van der Waals surface area contributed by atoms with Crippen LogP contribution in [0.3, 0.4) is 0 Å². The zero-order valence-electron chi connectivity index (χ0n) is 8.77. The molecule has 0 aliphatic heterocycles. The van der Waals surface area contributed by atoms with Crippen molar-refractivity contribution in [1.29, 1.82) is 0 Å². The summed E-state index contributed by atoms with van der Waals surface area (Å²) in [6.45, 7) is 0. The van der Waals surface area contributed by atoms with Crippen LogP contribution in [0.2, 0.25) is 0 Å². The lowest BCUT2D eigenvalue weighted by Gasteiger charge is -2.02. The molecule has 0 N–H and O–H groups in total. The first-order valence-corrected chi connectivity index (χ1v) is 6.13. The predicted octanol–water partition coefficient (Wildman–Crippen LogP) is 2.69. The van der Waals surface area contributed by atoms with Crippen LogP contribution in [-0.2, 0) is 10.2 Å². The van der Waals surface area contributed by atoms with E-state index in [1.165, 1.54) is 12.1 Å². The molecule has 1 aromatic carbocycles. The van der Waals surface area contributed by atoms with Gasteiger partial charge >= 0.3 is 10.2 Å². The smallest absolute Gasteiger partial charge is 0.218 e. The second-order valence-corrected chi connectivity index (χ2v) is 4.75. The summed E-state index contributed by atoms with van der Waals surface area (Å²) in [5, 5.41) is 0. The minimum Gasteiger partial charge on any atom is -0.218 e. The van der Waals surface area contributed by atoms with Gasteiger partial charge in [-0.1, -0.05) is 0 Å². The predicted molar refractivity (Wildman–Crippen MR) is 57.9 cm³/mol. The first kappa shape index (κ1) is 12.6. The summed E-state index contributed by atoms with van der Waals surface area (Å²) < 4.78 is 59.7. The standard InChI is InChI=1S/C11H6F3NO2S/c12-8-3-1-7(2-4-8)9-5-6-10(11(13)15-9)18(14,16)17/h1-6H. The molecule has 2 aromatic rings. The molecule has 2 rings (SSSR count). The second kappa shape index (κ2) is 4.41. The van der Waals surface area contributed by atoms with Gasteiger partial charge in [-0.05, 0) is 36.4 Å². The Balaban J connectivity index is 2.50. The maximum atomic E-state index is 13.3. The van der Waals surface area contributed by atoms with E-state index < -0.39 is 26.9 Å². The van der Waals surface area contributed by atoms with Crippen molar-refractivity contribution in [2.24, 2.45) is 0 Å². The van der Waals surface area contributed by atoms with Crippen LogP contribution in [0.15, 0.2) is 41.3 Å². The van der Waals surface area contributed by atoms with Gasteiger partial charge in [0, 0.05) is 5.56 Å². The van der Waals surface area contributed by atoms with Gasteiger partial charge in [-0.3, -0.25) is 0 Å². The maximum Gasteiger partial charge on any atom is 0.336 e. The van der Waals surface area contributed by atoms with Crippen LogP contribution in [0.25, 0.3) is 11.3 Å². The number of rotatable bonds is 2. The topological polar surface area (TPSA) is 47.0 Å². The Labute approximate surface area is 101 Å². The Morgan fingerprint density at radius 1 is 0.944 bits per heavy atom. The summed E-state index contributed by atoms with van der Waals surface area (Å²) in [5.41, 5.74) is 0.470. The average molecular weight is 273 g/mol. The average Bonchev–Trinajstić information content (AvgIpc) is 2.28. The molecule has 0 aliphatic carbocycles. The molecular weight excluding hydrogens is 267 g/mol. The summed E-state index contributed by atoms with van der Waals surface area (Å²) in [6, 6.07) is 6.91. The molecule has 0 radical (unpaired) electrons. The second-order valence-electron chi connectivity index (χ2n) is 3.43. The largest absolute Gasteiger partial charge is 0.336 e. The summed E-state index contributed by atoms with van der Waals surface area (Å²) in [4.78, 5) is 2.21. The van der Waals surface area contributed by atoms with E-state index in [9.17, 15) is 21.1 Å². The minimum absolute atomic E-state index is 0.0832. The molecule has 18 heavy (non-hydrogen) atoms. The third-order valence-electron chi connectivity index (χ3n) is 2.22. The lowest BCUT2D eigenvalue weighted by molar-refractivity contribution is 0.518. The fraction of sp³-hybridized carbons (Fsp3) is 0. The minimum atomic E-state index is -5.14. The van der Waals surface area contributed by atoms with Crippen molar-refractivity contribution >= 4 is 10.2 Å². The number of pyridine rings is 1. The SMILES string of the molecule is O=S(=O)(F)c1ccc(-c2ccc(F)cc2)nc1F. The molecule has 0 atom stereocenters. The zero-order valence-corrected chi connectivity index (χ0v) is 9.59. The molecule has 0 saturated heterocycles. The Hall–Kier alpha value is -1.89. The van der Waals surface area contributed by atoms with E-state index in [1.54, 1.807) is 0 Å². The number of halogens is 3. The van der Waals surface area contributed by atoms with Gasteiger partial charge in [-0.2, -0.15) is 12.8 Å². The van der Waals surface area contributed by atoms with E-state index in [-0.39, 0.29) is 5.69 Å². The highest BCUT2D eigenvalue weighted by Crippen LogP contribution is 2.22. The molecule has 0 unspecified atom stereocenters. The third kappa shape index (κ3) is 2.51. The van der Waals surface area contributed by atoms with E-state index in [0.29, 0.717) is 5.56 Å². The van der Waals surface area contributed by atoms with E-state index in [4.69, 9.17) is 0 Å². The normalized spacial score (nSPS) is 11.5. The molecular formula is C11H6F3NO2S. The number of hydrogen-bond donors (Lipinski definition) is 0. The molecule has 0 fully saturated rings. The van der Waals surface area contributed by atoms with Gasteiger partial charge < -0.3 is 0 Å². The van der Waals surface area contributed by atoms with E-state index in [1.807, 2.05) is 0 Å². The van der Waals surface area contributed by atoms with Crippen molar-refractivity contribution in [1.82, 2.24) is 4.98 Å². The monoisotopic (exact) mass is 273 g/mol. The Bertz CT molecular complexity index is 684. The highest BCUT2D eigenvalue weighted by Gasteiger charge is 2.19. The summed E-state index contributed by atoms with van der Waals surface area (Å²) in [6.07, 6.45) is 0. The van der Waals surface area contributed by atoms with Crippen molar-refractivity contribution in [3.8, 4) is 11.3 Å². The van der Waals surface area contributed by atoms with E-state index in [0.717, 1.165) is 24.3 Å². The van der Waals surface area contributed by atoms with Crippen LogP contribution in [0.1, 0.15) is 0 Å². The molecule has 0 amide bonds. The summed E-state index contributed by atoms with van der Waals surface area (Å²) >= 11 is 0. The number of hydrogen-bond acceptors (Lipinski definition) is 3. The van der Waals surface area contributed by atoms with Gasteiger partial charge in [0.2, 0.25) is 5.95 Å².